The molecule has 34 heavy (non-hydrogen) atoms. The zero-order valence-corrected chi connectivity index (χ0v) is 19.3. The zero-order chi connectivity index (χ0) is 23.7. The van der Waals surface area contributed by atoms with Crippen molar-refractivity contribution in [2.45, 2.75) is 24.9 Å². The van der Waals surface area contributed by atoms with Crippen molar-refractivity contribution >= 4 is 27.2 Å². The van der Waals surface area contributed by atoms with Gasteiger partial charge < -0.3 is 10.6 Å². The van der Waals surface area contributed by atoms with Crippen LogP contribution in [-0.4, -0.2) is 35.0 Å². The molecule has 0 atom stereocenters. The van der Waals surface area contributed by atoms with E-state index in [-0.39, 0.29) is 16.8 Å². The molecule has 2 aromatic carbocycles. The summed E-state index contributed by atoms with van der Waals surface area (Å²) in [5.74, 6) is 0.0942. The molecule has 1 aliphatic heterocycles. The molecule has 2 aromatic heterocycles. The van der Waals surface area contributed by atoms with Gasteiger partial charge in [-0.3, -0.25) is 9.67 Å². The number of fused-ring (bicyclic) bond motifs is 1. The number of nitrogens with one attached hydrogen (secondary N) is 2. The van der Waals surface area contributed by atoms with Crippen LogP contribution in [0.2, 0.25) is 0 Å². The fraction of sp³-hybridized carbons (Fsp3) is 0.160. The number of amides is 2. The van der Waals surface area contributed by atoms with Gasteiger partial charge in [-0.1, -0.05) is 24.3 Å². The van der Waals surface area contributed by atoms with E-state index in [1.165, 1.54) is 0 Å². The molecule has 1 aliphatic rings. The Morgan fingerprint density at radius 2 is 1.65 bits per heavy atom. The fourth-order valence-electron chi connectivity index (χ4n) is 4.16. The van der Waals surface area contributed by atoms with E-state index in [4.69, 9.17) is 0 Å². The van der Waals surface area contributed by atoms with Gasteiger partial charge in [0.25, 0.3) is 0 Å². The van der Waals surface area contributed by atoms with Gasteiger partial charge in [0.15, 0.2) is 14.9 Å². The van der Waals surface area contributed by atoms with E-state index in [9.17, 15) is 13.2 Å². The van der Waals surface area contributed by atoms with Crippen LogP contribution < -0.4 is 10.6 Å². The number of benzene rings is 2. The molecule has 4 aromatic rings. The summed E-state index contributed by atoms with van der Waals surface area (Å²) >= 11 is 0. The smallest absolute Gasteiger partial charge is 0.308 e. The Morgan fingerprint density at radius 1 is 0.941 bits per heavy atom. The van der Waals surface area contributed by atoms with Crippen molar-refractivity contribution in [3.8, 4) is 22.4 Å². The van der Waals surface area contributed by atoms with Gasteiger partial charge >= 0.3 is 6.03 Å². The number of hydrogen-bond acceptors (Lipinski definition) is 5. The first kappa shape index (κ1) is 21.8. The molecule has 2 amide bonds. The topological polar surface area (TPSA) is 106 Å². The molecule has 9 heteroatoms. The lowest BCUT2D eigenvalue weighted by atomic mass is 10.0. The first-order chi connectivity index (χ1) is 16.4. The molecule has 0 unspecified atom stereocenters. The molecule has 0 radical (unpaired) electrons. The predicted molar refractivity (Wildman–Crippen MR) is 131 cm³/mol. The molecule has 0 spiro atoms. The molecule has 0 saturated heterocycles. The van der Waals surface area contributed by atoms with Crippen molar-refractivity contribution in [2.24, 2.45) is 0 Å². The lowest BCUT2D eigenvalue weighted by Gasteiger charge is -2.15. The second kappa shape index (κ2) is 8.75. The van der Waals surface area contributed by atoms with Crippen molar-refractivity contribution in [2.75, 3.05) is 16.4 Å². The summed E-state index contributed by atoms with van der Waals surface area (Å²) in [4.78, 5) is 16.6. The van der Waals surface area contributed by atoms with Gasteiger partial charge in [-0.05, 0) is 60.9 Å². The molecule has 0 aliphatic carbocycles. The number of sulfone groups is 1. The van der Waals surface area contributed by atoms with E-state index in [0.29, 0.717) is 41.2 Å². The molecule has 0 fully saturated rings. The van der Waals surface area contributed by atoms with E-state index >= 15 is 0 Å². The Labute approximate surface area is 197 Å². The van der Waals surface area contributed by atoms with E-state index in [1.807, 2.05) is 37.3 Å². The Balaban J connectivity index is 1.52. The van der Waals surface area contributed by atoms with Gasteiger partial charge in [0.2, 0.25) is 0 Å². The summed E-state index contributed by atoms with van der Waals surface area (Å²) in [5.41, 5.74) is 4.85. The summed E-state index contributed by atoms with van der Waals surface area (Å²) in [7, 11) is -3.47. The van der Waals surface area contributed by atoms with Crippen LogP contribution in [0.4, 0.5) is 16.2 Å². The van der Waals surface area contributed by atoms with Gasteiger partial charge in [-0.15, -0.1) is 0 Å². The standard InChI is InChI=1S/C25H23N5O3S/c1-17-5-2-7-20(15-17)27-25(31)28-21-8-3-6-19(16-21)23-22(18-9-11-26-12-10-18)24-30(29-23)13-4-14-34(24,32)33/h2-3,5-12,15-16H,4,13-14H2,1H3,(H2,27,28,31). The predicted octanol–water partition coefficient (Wildman–Crippen LogP) is 4.74. The molecule has 3 heterocycles. The van der Waals surface area contributed by atoms with Crippen LogP contribution >= 0.6 is 0 Å². The number of rotatable bonds is 4. The number of anilines is 2. The summed E-state index contributed by atoms with van der Waals surface area (Å²) < 4.78 is 27.5. The van der Waals surface area contributed by atoms with Crippen molar-refractivity contribution in [1.82, 2.24) is 14.8 Å². The van der Waals surface area contributed by atoms with Crippen molar-refractivity contribution in [1.29, 1.82) is 0 Å². The van der Waals surface area contributed by atoms with Crippen LogP contribution in [0.25, 0.3) is 22.4 Å². The highest BCUT2D eigenvalue weighted by Gasteiger charge is 2.32. The van der Waals surface area contributed by atoms with E-state index in [2.05, 4.69) is 20.7 Å². The van der Waals surface area contributed by atoms with Gasteiger partial charge in [0, 0.05) is 41.4 Å². The maximum absolute atomic E-state index is 13.0. The van der Waals surface area contributed by atoms with E-state index in [0.717, 1.165) is 11.1 Å². The summed E-state index contributed by atoms with van der Waals surface area (Å²) in [6.45, 7) is 2.49. The lowest BCUT2D eigenvalue weighted by Crippen LogP contribution is -2.21. The number of carbonyl (C=O) groups excluding carboxylic acids is 1. The largest absolute Gasteiger partial charge is 0.323 e. The molecule has 2 N–H and O–H groups in total. The first-order valence-electron chi connectivity index (χ1n) is 10.9. The van der Waals surface area contributed by atoms with Crippen LogP contribution in [-0.2, 0) is 16.4 Å². The molecule has 0 bridgehead atoms. The van der Waals surface area contributed by atoms with Crippen LogP contribution in [0.3, 0.4) is 0 Å². The molecular formula is C25H23N5O3S. The number of carbonyl (C=O) groups is 1. The summed E-state index contributed by atoms with van der Waals surface area (Å²) in [6.07, 6.45) is 3.78. The summed E-state index contributed by atoms with van der Waals surface area (Å²) in [6, 6.07) is 18.0. The van der Waals surface area contributed by atoms with Crippen molar-refractivity contribution in [3.63, 3.8) is 0 Å². The highest BCUT2D eigenvalue weighted by atomic mass is 32.2. The fourth-order valence-corrected chi connectivity index (χ4v) is 5.84. The first-order valence-corrected chi connectivity index (χ1v) is 12.5. The minimum atomic E-state index is -3.47. The molecule has 0 saturated carbocycles. The molecule has 8 nitrogen and oxygen atoms in total. The summed E-state index contributed by atoms with van der Waals surface area (Å²) in [5, 5.41) is 10.6. The average Bonchev–Trinajstić information content (AvgIpc) is 3.21. The highest BCUT2D eigenvalue weighted by molar-refractivity contribution is 7.91. The number of urea groups is 1. The highest BCUT2D eigenvalue weighted by Crippen LogP contribution is 2.39. The maximum atomic E-state index is 13.0. The number of nitrogens with zero attached hydrogens (tertiary/aromatic N) is 3. The van der Waals surface area contributed by atoms with Gasteiger partial charge in [0.1, 0.15) is 5.69 Å². The lowest BCUT2D eigenvalue weighted by molar-refractivity contribution is 0.262. The second-order valence-corrected chi connectivity index (χ2v) is 10.2. The minimum Gasteiger partial charge on any atom is -0.308 e. The van der Waals surface area contributed by atoms with Gasteiger partial charge in [-0.2, -0.15) is 5.10 Å². The van der Waals surface area contributed by atoms with Gasteiger partial charge in [0.05, 0.1) is 5.75 Å². The van der Waals surface area contributed by atoms with Crippen LogP contribution in [0, 0.1) is 6.92 Å². The van der Waals surface area contributed by atoms with Crippen LogP contribution in [0.5, 0.6) is 0 Å². The number of hydrogen-bond donors (Lipinski definition) is 2. The normalized spacial score (nSPS) is 14.3. The Kier molecular flexibility index (Phi) is 5.62. The second-order valence-electron chi connectivity index (χ2n) is 8.19. The Bertz CT molecular complexity index is 1480. The third-order valence-corrected chi connectivity index (χ3v) is 7.45. The molecule has 5 rings (SSSR count). The molecular weight excluding hydrogens is 450 g/mol. The Hall–Kier alpha value is -3.98. The van der Waals surface area contributed by atoms with Crippen molar-refractivity contribution in [3.05, 3.63) is 78.6 Å². The SMILES string of the molecule is Cc1cccc(NC(=O)Nc2cccc(-c3nn4c(c3-c3ccncc3)S(=O)(=O)CCC4)c2)c1. The van der Waals surface area contributed by atoms with Gasteiger partial charge in [-0.25, -0.2) is 13.2 Å². The Morgan fingerprint density at radius 3 is 2.38 bits per heavy atom. The zero-order valence-electron chi connectivity index (χ0n) is 18.5. The average molecular weight is 474 g/mol. The maximum Gasteiger partial charge on any atom is 0.323 e. The van der Waals surface area contributed by atoms with Crippen molar-refractivity contribution < 1.29 is 13.2 Å². The number of aryl methyl sites for hydroxylation is 2. The number of pyridine rings is 1. The third-order valence-electron chi connectivity index (χ3n) is 5.62. The minimum absolute atomic E-state index is 0.0942. The van der Waals surface area contributed by atoms with Crippen LogP contribution in [0.15, 0.2) is 78.1 Å². The molecule has 172 valence electrons. The van der Waals surface area contributed by atoms with Crippen LogP contribution in [0.1, 0.15) is 12.0 Å². The van der Waals surface area contributed by atoms with E-state index in [1.54, 1.807) is 47.4 Å². The number of aromatic nitrogens is 3. The third kappa shape index (κ3) is 4.29. The quantitative estimate of drug-likeness (QED) is 0.445. The monoisotopic (exact) mass is 473 g/mol. The van der Waals surface area contributed by atoms with E-state index < -0.39 is 9.84 Å².